The van der Waals surface area contributed by atoms with Gasteiger partial charge in [-0.2, -0.15) is 0 Å². The molecule has 2 saturated heterocycles. The molecule has 2 aliphatic heterocycles. The van der Waals surface area contributed by atoms with Gasteiger partial charge in [0.05, 0.1) is 25.4 Å². The second-order valence-electron chi connectivity index (χ2n) is 7.38. The average molecular weight is 553 g/mol. The van der Waals surface area contributed by atoms with Gasteiger partial charge in [-0.25, -0.2) is 9.98 Å². The van der Waals surface area contributed by atoms with E-state index in [0.29, 0.717) is 30.2 Å². The maximum atomic E-state index is 6.12. The van der Waals surface area contributed by atoms with E-state index in [1.54, 1.807) is 18.3 Å². The van der Waals surface area contributed by atoms with Crippen molar-refractivity contribution >= 4 is 41.5 Å². The lowest BCUT2D eigenvalue weighted by molar-refractivity contribution is -0.0721. The number of ether oxygens (including phenoxy) is 3. The highest BCUT2D eigenvalue weighted by Gasteiger charge is 2.23. The monoisotopic (exact) mass is 552 g/mol. The summed E-state index contributed by atoms with van der Waals surface area (Å²) >= 11 is 6.06. The van der Waals surface area contributed by atoms with Gasteiger partial charge in [-0.1, -0.05) is 11.6 Å². The van der Waals surface area contributed by atoms with E-state index in [9.17, 15) is 0 Å². The predicted octanol–water partition coefficient (Wildman–Crippen LogP) is 3.75. The number of aromatic nitrogens is 1. The molecule has 0 aliphatic carbocycles. The van der Waals surface area contributed by atoms with Crippen molar-refractivity contribution < 1.29 is 14.2 Å². The van der Waals surface area contributed by atoms with Crippen LogP contribution >= 0.6 is 35.6 Å². The molecule has 1 aromatic rings. The molecule has 3 heterocycles. The number of rotatable bonds is 8. The Hall–Kier alpha value is -0.840. The lowest BCUT2D eigenvalue weighted by Gasteiger charge is -2.35. The Bertz CT molecular complexity index is 638. The lowest BCUT2D eigenvalue weighted by atomic mass is 10.1. The fraction of sp³-hybridized carbons (Fsp3) is 0.714. The Kier molecular flexibility index (Phi) is 12.1. The molecule has 0 bridgehead atoms. The molecule has 1 N–H and O–H groups in total. The standard InChI is InChI=1S/C21H33ClN4O3.HI/c1-2-23-21(25-11-15-28-20-19(22)7-5-10-24-20)26-12-8-17(9-13-26)29-16-18-6-3-4-14-27-18;/h5,7,10,17-18H,2-4,6,8-9,11-16H2,1H3,(H,23,25);1H. The van der Waals surface area contributed by atoms with Gasteiger partial charge in [0.25, 0.3) is 0 Å². The van der Waals surface area contributed by atoms with Crippen molar-refractivity contribution in [2.75, 3.05) is 46.0 Å². The fourth-order valence-electron chi connectivity index (χ4n) is 3.61. The zero-order valence-electron chi connectivity index (χ0n) is 17.7. The second kappa shape index (κ2) is 14.3. The number of piperidine rings is 1. The number of guanidine groups is 1. The Labute approximate surface area is 201 Å². The van der Waals surface area contributed by atoms with Crippen molar-refractivity contribution in [1.29, 1.82) is 0 Å². The molecule has 0 saturated carbocycles. The summed E-state index contributed by atoms with van der Waals surface area (Å²) in [7, 11) is 0. The molecule has 7 nitrogen and oxygen atoms in total. The first-order valence-electron chi connectivity index (χ1n) is 10.8. The van der Waals surface area contributed by atoms with Crippen LogP contribution in [-0.2, 0) is 9.47 Å². The Balaban J connectivity index is 0.00000320. The summed E-state index contributed by atoms with van der Waals surface area (Å²) < 4.78 is 17.5. The van der Waals surface area contributed by atoms with Crippen LogP contribution in [0.5, 0.6) is 5.88 Å². The molecular weight excluding hydrogens is 519 g/mol. The molecule has 1 aromatic heterocycles. The summed E-state index contributed by atoms with van der Waals surface area (Å²) in [6.07, 6.45) is 7.85. The van der Waals surface area contributed by atoms with E-state index in [1.807, 2.05) is 0 Å². The Morgan fingerprint density at radius 2 is 2.17 bits per heavy atom. The van der Waals surface area contributed by atoms with Crippen molar-refractivity contribution in [2.45, 2.75) is 51.2 Å². The van der Waals surface area contributed by atoms with Gasteiger partial charge in [0, 0.05) is 32.4 Å². The molecule has 9 heteroatoms. The number of nitrogens with zero attached hydrogens (tertiary/aromatic N) is 3. The first-order chi connectivity index (χ1) is 14.3. The summed E-state index contributed by atoms with van der Waals surface area (Å²) in [5.74, 6) is 1.38. The van der Waals surface area contributed by atoms with Gasteiger partial charge < -0.3 is 24.4 Å². The third-order valence-electron chi connectivity index (χ3n) is 5.18. The maximum absolute atomic E-state index is 6.12. The summed E-state index contributed by atoms with van der Waals surface area (Å²) in [4.78, 5) is 11.1. The largest absolute Gasteiger partial charge is 0.475 e. The molecule has 1 unspecified atom stereocenters. The fourth-order valence-corrected chi connectivity index (χ4v) is 3.79. The van der Waals surface area contributed by atoms with E-state index in [4.69, 9.17) is 30.8 Å². The first kappa shape index (κ1) is 25.4. The minimum atomic E-state index is 0. The van der Waals surface area contributed by atoms with Gasteiger partial charge in [-0.15, -0.1) is 24.0 Å². The van der Waals surface area contributed by atoms with Crippen LogP contribution in [0.3, 0.4) is 0 Å². The van der Waals surface area contributed by atoms with E-state index in [-0.39, 0.29) is 30.1 Å². The highest BCUT2D eigenvalue weighted by atomic mass is 127. The van der Waals surface area contributed by atoms with Crippen LogP contribution in [0.25, 0.3) is 0 Å². The van der Waals surface area contributed by atoms with Crippen LogP contribution in [0, 0.1) is 0 Å². The molecular formula is C21H34ClIN4O3. The van der Waals surface area contributed by atoms with E-state index in [1.165, 1.54) is 12.8 Å². The Morgan fingerprint density at radius 3 is 2.87 bits per heavy atom. The lowest BCUT2D eigenvalue weighted by Crippen LogP contribution is -2.47. The molecule has 0 amide bonds. The predicted molar refractivity (Wildman–Crippen MR) is 130 cm³/mol. The van der Waals surface area contributed by atoms with Crippen LogP contribution < -0.4 is 10.1 Å². The zero-order valence-corrected chi connectivity index (χ0v) is 20.8. The highest BCUT2D eigenvalue weighted by molar-refractivity contribution is 14.0. The average Bonchev–Trinajstić information content (AvgIpc) is 2.77. The van der Waals surface area contributed by atoms with Crippen LogP contribution in [0.4, 0.5) is 0 Å². The Morgan fingerprint density at radius 1 is 1.33 bits per heavy atom. The second-order valence-corrected chi connectivity index (χ2v) is 7.79. The zero-order chi connectivity index (χ0) is 20.3. The van der Waals surface area contributed by atoms with E-state index >= 15 is 0 Å². The van der Waals surface area contributed by atoms with Crippen molar-refractivity contribution in [1.82, 2.24) is 15.2 Å². The smallest absolute Gasteiger partial charge is 0.232 e. The first-order valence-corrected chi connectivity index (χ1v) is 11.1. The number of nitrogens with one attached hydrogen (secondary N) is 1. The highest BCUT2D eigenvalue weighted by Crippen LogP contribution is 2.20. The third kappa shape index (κ3) is 8.36. The van der Waals surface area contributed by atoms with Gasteiger partial charge in [-0.3, -0.25) is 0 Å². The minimum Gasteiger partial charge on any atom is -0.475 e. The van der Waals surface area contributed by atoms with Gasteiger partial charge in [0.15, 0.2) is 5.96 Å². The van der Waals surface area contributed by atoms with Crippen LogP contribution in [0.2, 0.25) is 5.02 Å². The van der Waals surface area contributed by atoms with Crippen molar-refractivity contribution in [3.63, 3.8) is 0 Å². The van der Waals surface area contributed by atoms with Crippen molar-refractivity contribution in [3.05, 3.63) is 23.4 Å². The molecule has 170 valence electrons. The van der Waals surface area contributed by atoms with Crippen LogP contribution in [0.15, 0.2) is 23.3 Å². The number of pyridine rings is 1. The van der Waals surface area contributed by atoms with Crippen molar-refractivity contribution in [3.8, 4) is 5.88 Å². The van der Waals surface area contributed by atoms with Crippen LogP contribution in [-0.4, -0.2) is 74.1 Å². The maximum Gasteiger partial charge on any atom is 0.232 e. The molecule has 30 heavy (non-hydrogen) atoms. The van der Waals surface area contributed by atoms with E-state index in [0.717, 1.165) is 58.1 Å². The van der Waals surface area contributed by atoms with Crippen molar-refractivity contribution in [2.24, 2.45) is 4.99 Å². The van der Waals surface area contributed by atoms with E-state index in [2.05, 4.69) is 22.1 Å². The molecule has 0 radical (unpaired) electrons. The van der Waals surface area contributed by atoms with E-state index < -0.39 is 0 Å². The molecule has 2 fully saturated rings. The number of hydrogen-bond acceptors (Lipinski definition) is 5. The SMILES string of the molecule is CCNC(=NCCOc1ncccc1Cl)N1CCC(OCC2CCCCO2)CC1.I. The normalized spacial score (nSPS) is 20.5. The topological polar surface area (TPSA) is 68.2 Å². The quantitative estimate of drug-likeness (QED) is 0.229. The number of halogens is 2. The molecule has 0 aromatic carbocycles. The molecule has 1 atom stereocenters. The van der Waals surface area contributed by atoms with Gasteiger partial charge in [0.2, 0.25) is 5.88 Å². The number of hydrogen-bond donors (Lipinski definition) is 1. The summed E-state index contributed by atoms with van der Waals surface area (Å²) in [6.45, 7) is 7.39. The number of aliphatic imine (C=N–C) groups is 1. The third-order valence-corrected chi connectivity index (χ3v) is 5.47. The van der Waals surface area contributed by atoms with Gasteiger partial charge in [0.1, 0.15) is 11.6 Å². The molecule has 2 aliphatic rings. The number of likely N-dealkylation sites (tertiary alicyclic amines) is 1. The summed E-state index contributed by atoms with van der Waals surface area (Å²) in [5.41, 5.74) is 0. The molecule has 3 rings (SSSR count). The molecule has 0 spiro atoms. The van der Waals surface area contributed by atoms with Crippen LogP contribution in [0.1, 0.15) is 39.0 Å². The minimum absolute atomic E-state index is 0. The van der Waals surface area contributed by atoms with Gasteiger partial charge >= 0.3 is 0 Å². The van der Waals surface area contributed by atoms with Gasteiger partial charge in [-0.05, 0) is 51.2 Å². The summed E-state index contributed by atoms with van der Waals surface area (Å²) in [5, 5.41) is 3.90. The summed E-state index contributed by atoms with van der Waals surface area (Å²) in [6, 6.07) is 3.55.